The van der Waals surface area contributed by atoms with Gasteiger partial charge in [-0.15, -0.1) is 0 Å². The van der Waals surface area contributed by atoms with Gasteiger partial charge in [0.15, 0.2) is 0 Å². The van der Waals surface area contributed by atoms with Gasteiger partial charge in [0, 0.05) is 32.2 Å². The molecule has 1 fully saturated rings. The van der Waals surface area contributed by atoms with Crippen LogP contribution in [0.3, 0.4) is 0 Å². The summed E-state index contributed by atoms with van der Waals surface area (Å²) in [6.45, 7) is 8.26. The molecule has 1 aromatic carbocycles. The molecule has 1 N–H and O–H groups in total. The van der Waals surface area contributed by atoms with Gasteiger partial charge in [0.05, 0.1) is 24.4 Å². The maximum Gasteiger partial charge on any atom is 0.246 e. The Morgan fingerprint density at radius 2 is 1.69 bits per heavy atom. The molecule has 3 rings (SSSR count). The number of rotatable bonds is 7. The summed E-state index contributed by atoms with van der Waals surface area (Å²) in [6, 6.07) is 9.37. The molecule has 2 amide bonds. The molecule has 1 aromatic heterocycles. The van der Waals surface area contributed by atoms with Crippen LogP contribution in [0.4, 0.5) is 0 Å². The van der Waals surface area contributed by atoms with Gasteiger partial charge in [0.1, 0.15) is 4.90 Å². The molecule has 10 heteroatoms. The van der Waals surface area contributed by atoms with Crippen LogP contribution in [-0.2, 0) is 26.0 Å². The highest BCUT2D eigenvalue weighted by atomic mass is 32.2. The molecule has 0 radical (unpaired) electrons. The first-order valence-electron chi connectivity index (χ1n) is 10.8. The van der Waals surface area contributed by atoms with Crippen molar-refractivity contribution in [1.82, 2.24) is 24.3 Å². The fraction of sp³-hybridized carbons (Fsp3) is 0.500. The fourth-order valence-corrected chi connectivity index (χ4v) is 5.74. The molecule has 2 aromatic rings. The van der Waals surface area contributed by atoms with E-state index >= 15 is 0 Å². The summed E-state index contributed by atoms with van der Waals surface area (Å²) in [5.41, 5.74) is 1.98. The third-order valence-electron chi connectivity index (χ3n) is 5.58. The number of carbonyl (C=O) groups excluding carboxylic acids is 2. The van der Waals surface area contributed by atoms with Crippen LogP contribution >= 0.6 is 0 Å². The van der Waals surface area contributed by atoms with Crippen LogP contribution in [0.25, 0.3) is 0 Å². The molecular formula is C22H31N5O4S. The fourth-order valence-electron chi connectivity index (χ4n) is 3.96. The zero-order valence-electron chi connectivity index (χ0n) is 19.0. The first kappa shape index (κ1) is 23.9. The van der Waals surface area contributed by atoms with Crippen molar-refractivity contribution in [3.63, 3.8) is 0 Å². The van der Waals surface area contributed by atoms with E-state index in [0.29, 0.717) is 11.4 Å². The van der Waals surface area contributed by atoms with Crippen molar-refractivity contribution in [3.05, 3.63) is 47.3 Å². The Morgan fingerprint density at radius 3 is 2.25 bits per heavy atom. The van der Waals surface area contributed by atoms with Crippen molar-refractivity contribution in [2.24, 2.45) is 0 Å². The van der Waals surface area contributed by atoms with E-state index in [1.165, 1.54) is 4.31 Å². The van der Waals surface area contributed by atoms with Gasteiger partial charge in [-0.05, 0) is 33.3 Å². The normalized spacial score (nSPS) is 15.2. The SMILES string of the molecule is Cc1nn(C(C)C)c(C)c1S(=O)(=O)N1CCN(C(=O)CNC(=O)Cc2ccccc2)CC1. The number of amides is 2. The number of sulfonamides is 1. The zero-order valence-corrected chi connectivity index (χ0v) is 19.9. The molecule has 2 heterocycles. The molecule has 0 bridgehead atoms. The van der Waals surface area contributed by atoms with Gasteiger partial charge in [-0.1, -0.05) is 30.3 Å². The Kier molecular flexibility index (Phi) is 7.35. The predicted octanol–water partition coefficient (Wildman–Crippen LogP) is 1.27. The Labute approximate surface area is 189 Å². The summed E-state index contributed by atoms with van der Waals surface area (Å²) < 4.78 is 29.6. The highest BCUT2D eigenvalue weighted by Crippen LogP contribution is 2.26. The lowest BCUT2D eigenvalue weighted by atomic mass is 10.1. The minimum Gasteiger partial charge on any atom is -0.347 e. The van der Waals surface area contributed by atoms with Crippen molar-refractivity contribution in [2.75, 3.05) is 32.7 Å². The maximum atomic E-state index is 13.2. The number of carbonyl (C=O) groups is 2. The monoisotopic (exact) mass is 461 g/mol. The molecule has 9 nitrogen and oxygen atoms in total. The number of piperazine rings is 1. The van der Waals surface area contributed by atoms with Crippen LogP contribution in [0.5, 0.6) is 0 Å². The molecule has 1 saturated heterocycles. The van der Waals surface area contributed by atoms with Gasteiger partial charge in [-0.25, -0.2) is 8.42 Å². The Morgan fingerprint density at radius 1 is 1.06 bits per heavy atom. The molecule has 1 aliphatic rings. The van der Waals surface area contributed by atoms with Crippen LogP contribution in [0.15, 0.2) is 35.2 Å². The van der Waals surface area contributed by atoms with Gasteiger partial charge in [-0.2, -0.15) is 9.40 Å². The lowest BCUT2D eigenvalue weighted by Crippen LogP contribution is -2.52. The summed E-state index contributed by atoms with van der Waals surface area (Å²) in [7, 11) is -3.70. The molecule has 1 aliphatic heterocycles. The smallest absolute Gasteiger partial charge is 0.246 e. The summed E-state index contributed by atoms with van der Waals surface area (Å²) in [6.07, 6.45) is 0.211. The number of aryl methyl sites for hydroxylation is 1. The molecule has 0 atom stereocenters. The molecule has 0 aliphatic carbocycles. The third-order valence-corrected chi connectivity index (χ3v) is 7.73. The summed E-state index contributed by atoms with van der Waals surface area (Å²) in [5.74, 6) is -0.442. The second kappa shape index (κ2) is 9.83. The number of hydrogen-bond acceptors (Lipinski definition) is 5. The lowest BCUT2D eigenvalue weighted by molar-refractivity contribution is -0.133. The highest BCUT2D eigenvalue weighted by molar-refractivity contribution is 7.89. The number of benzene rings is 1. The predicted molar refractivity (Wildman–Crippen MR) is 121 cm³/mol. The van der Waals surface area contributed by atoms with Crippen molar-refractivity contribution in [1.29, 1.82) is 0 Å². The van der Waals surface area contributed by atoms with Crippen LogP contribution < -0.4 is 5.32 Å². The largest absolute Gasteiger partial charge is 0.347 e. The van der Waals surface area contributed by atoms with Gasteiger partial charge in [0.2, 0.25) is 21.8 Å². The highest BCUT2D eigenvalue weighted by Gasteiger charge is 2.34. The van der Waals surface area contributed by atoms with E-state index in [4.69, 9.17) is 0 Å². The topological polar surface area (TPSA) is 105 Å². The van der Waals surface area contributed by atoms with Crippen LogP contribution in [0, 0.1) is 13.8 Å². The van der Waals surface area contributed by atoms with Crippen molar-refractivity contribution < 1.29 is 18.0 Å². The number of aromatic nitrogens is 2. The van der Waals surface area contributed by atoms with Crippen LogP contribution in [0.1, 0.15) is 36.8 Å². The quantitative estimate of drug-likeness (QED) is 0.669. The standard InChI is InChI=1S/C22H31N5O4S/c1-16(2)27-18(4)22(17(3)24-27)32(30,31)26-12-10-25(11-13-26)21(29)15-23-20(28)14-19-8-6-5-7-9-19/h5-9,16H,10-15H2,1-4H3,(H,23,28). The second-order valence-corrected chi connectivity index (χ2v) is 10.1. The molecular weight excluding hydrogens is 430 g/mol. The average molecular weight is 462 g/mol. The van der Waals surface area contributed by atoms with E-state index in [2.05, 4.69) is 10.4 Å². The third kappa shape index (κ3) is 5.18. The van der Waals surface area contributed by atoms with Gasteiger partial charge < -0.3 is 10.2 Å². The molecule has 0 unspecified atom stereocenters. The molecule has 174 valence electrons. The summed E-state index contributed by atoms with van der Waals surface area (Å²) in [5, 5.41) is 7.04. The second-order valence-electron chi connectivity index (χ2n) is 8.26. The van der Waals surface area contributed by atoms with Gasteiger partial charge in [0.25, 0.3) is 0 Å². The first-order valence-corrected chi connectivity index (χ1v) is 12.2. The molecule has 32 heavy (non-hydrogen) atoms. The van der Waals surface area contributed by atoms with E-state index in [0.717, 1.165) is 5.56 Å². The van der Waals surface area contributed by atoms with Crippen LogP contribution in [-0.4, -0.2) is 71.9 Å². The van der Waals surface area contributed by atoms with Crippen LogP contribution in [0.2, 0.25) is 0 Å². The van der Waals surface area contributed by atoms with Crippen molar-refractivity contribution >= 4 is 21.8 Å². The van der Waals surface area contributed by atoms with E-state index in [-0.39, 0.29) is 61.9 Å². The summed E-state index contributed by atoms with van der Waals surface area (Å²) >= 11 is 0. The van der Waals surface area contributed by atoms with Crippen molar-refractivity contribution in [3.8, 4) is 0 Å². The van der Waals surface area contributed by atoms with Gasteiger partial charge >= 0.3 is 0 Å². The van der Waals surface area contributed by atoms with E-state index in [1.807, 2.05) is 44.2 Å². The molecule has 0 saturated carbocycles. The first-order chi connectivity index (χ1) is 15.1. The zero-order chi connectivity index (χ0) is 23.5. The Hall–Kier alpha value is -2.72. The van der Waals surface area contributed by atoms with E-state index in [1.54, 1.807) is 23.4 Å². The van der Waals surface area contributed by atoms with Crippen molar-refractivity contribution in [2.45, 2.75) is 45.1 Å². The Bertz CT molecular complexity index is 1070. The molecule has 0 spiro atoms. The number of nitrogens with zero attached hydrogens (tertiary/aromatic N) is 4. The number of hydrogen-bond donors (Lipinski definition) is 1. The lowest BCUT2D eigenvalue weighted by Gasteiger charge is -2.34. The van der Waals surface area contributed by atoms with E-state index < -0.39 is 10.0 Å². The van der Waals surface area contributed by atoms with Gasteiger partial charge in [-0.3, -0.25) is 14.3 Å². The maximum absolute atomic E-state index is 13.2. The Balaban J connectivity index is 1.55. The minimum absolute atomic E-state index is 0.0595. The average Bonchev–Trinajstić information content (AvgIpc) is 3.07. The minimum atomic E-state index is -3.70. The number of nitrogens with one attached hydrogen (secondary N) is 1. The van der Waals surface area contributed by atoms with E-state index in [9.17, 15) is 18.0 Å². The summed E-state index contributed by atoms with van der Waals surface area (Å²) in [4.78, 5) is 26.4.